The van der Waals surface area contributed by atoms with E-state index in [2.05, 4.69) is 60.6 Å². The Hall–Kier alpha value is -1.28. The fraction of sp³-hybridized carbons (Fsp3) is 0.231. The van der Waals surface area contributed by atoms with E-state index in [1.165, 1.54) is 16.1 Å². The van der Waals surface area contributed by atoms with Gasteiger partial charge in [0.15, 0.2) is 0 Å². The molecule has 0 radical (unpaired) electrons. The van der Waals surface area contributed by atoms with Crippen LogP contribution in [0.5, 0.6) is 0 Å². The third-order valence-electron chi connectivity index (χ3n) is 2.50. The van der Waals surface area contributed by atoms with Crippen LogP contribution in [0.3, 0.4) is 0 Å². The van der Waals surface area contributed by atoms with E-state index in [0.717, 1.165) is 6.54 Å². The van der Waals surface area contributed by atoms with Crippen molar-refractivity contribution < 1.29 is 0 Å². The first kappa shape index (κ1) is 10.2. The molecule has 0 bridgehead atoms. The summed E-state index contributed by atoms with van der Waals surface area (Å²) in [5, 5.41) is 2.13. The van der Waals surface area contributed by atoms with Crippen LogP contribution in [0.25, 0.3) is 0 Å². The van der Waals surface area contributed by atoms with E-state index < -0.39 is 0 Å². The molecule has 0 saturated heterocycles. The van der Waals surface area contributed by atoms with Crippen LogP contribution in [0.4, 0.5) is 5.69 Å². The van der Waals surface area contributed by atoms with E-state index in [4.69, 9.17) is 0 Å². The summed E-state index contributed by atoms with van der Waals surface area (Å²) in [4.78, 5) is 3.70. The van der Waals surface area contributed by atoms with Gasteiger partial charge < -0.3 is 4.90 Å². The average molecular weight is 217 g/mol. The van der Waals surface area contributed by atoms with Crippen molar-refractivity contribution in [2.24, 2.45) is 0 Å². The number of anilines is 1. The van der Waals surface area contributed by atoms with Crippen LogP contribution in [-0.4, -0.2) is 7.05 Å². The molecule has 78 valence electrons. The Morgan fingerprint density at radius 2 is 1.93 bits per heavy atom. The molecule has 2 heteroatoms. The number of para-hydroxylation sites is 1. The van der Waals surface area contributed by atoms with Crippen LogP contribution in [-0.2, 0) is 6.54 Å². The first-order chi connectivity index (χ1) is 7.27. The predicted octanol–water partition coefficient (Wildman–Crippen LogP) is 3.69. The molecule has 0 aliphatic heterocycles. The van der Waals surface area contributed by atoms with Crippen LogP contribution in [0.2, 0.25) is 0 Å². The van der Waals surface area contributed by atoms with E-state index in [1.807, 2.05) is 11.3 Å². The second-order valence-electron chi connectivity index (χ2n) is 3.72. The summed E-state index contributed by atoms with van der Waals surface area (Å²) < 4.78 is 0. The number of thiophene rings is 1. The molecule has 0 N–H and O–H groups in total. The second kappa shape index (κ2) is 4.49. The van der Waals surface area contributed by atoms with Gasteiger partial charge in [0.25, 0.3) is 0 Å². The van der Waals surface area contributed by atoms with E-state index in [1.54, 1.807) is 0 Å². The largest absolute Gasteiger partial charge is 0.369 e. The lowest BCUT2D eigenvalue weighted by Gasteiger charge is -2.20. The van der Waals surface area contributed by atoms with Crippen LogP contribution < -0.4 is 4.90 Å². The molecule has 2 rings (SSSR count). The van der Waals surface area contributed by atoms with Crippen molar-refractivity contribution in [3.05, 3.63) is 52.2 Å². The van der Waals surface area contributed by atoms with Gasteiger partial charge in [0, 0.05) is 17.6 Å². The number of nitrogens with zero attached hydrogens (tertiary/aromatic N) is 1. The van der Waals surface area contributed by atoms with Crippen molar-refractivity contribution in [1.82, 2.24) is 0 Å². The van der Waals surface area contributed by atoms with E-state index in [9.17, 15) is 0 Å². The van der Waals surface area contributed by atoms with Crippen molar-refractivity contribution in [2.45, 2.75) is 13.5 Å². The van der Waals surface area contributed by atoms with Gasteiger partial charge in [0.1, 0.15) is 0 Å². The highest BCUT2D eigenvalue weighted by Gasteiger charge is 2.04. The lowest BCUT2D eigenvalue weighted by Crippen LogP contribution is -2.16. The molecule has 1 aromatic heterocycles. The fourth-order valence-electron chi connectivity index (χ4n) is 1.71. The third kappa shape index (κ3) is 2.39. The molecule has 1 aromatic carbocycles. The molecule has 0 atom stereocenters. The van der Waals surface area contributed by atoms with Crippen molar-refractivity contribution in [3.8, 4) is 0 Å². The highest BCUT2D eigenvalue weighted by atomic mass is 32.1. The molecule has 15 heavy (non-hydrogen) atoms. The molecule has 0 fully saturated rings. The van der Waals surface area contributed by atoms with Gasteiger partial charge in [-0.15, -0.1) is 11.3 Å². The maximum absolute atomic E-state index is 2.29. The standard InChI is InChI=1S/C13H15NS/c1-11-6-3-4-8-13(11)14(2)10-12-7-5-9-15-12/h3-9H,10H2,1-2H3. The zero-order chi connectivity index (χ0) is 10.7. The van der Waals surface area contributed by atoms with E-state index in [0.29, 0.717) is 0 Å². The molecule has 0 unspecified atom stereocenters. The normalized spacial score (nSPS) is 10.3. The van der Waals surface area contributed by atoms with Gasteiger partial charge in [-0.3, -0.25) is 0 Å². The van der Waals surface area contributed by atoms with E-state index >= 15 is 0 Å². The monoisotopic (exact) mass is 217 g/mol. The van der Waals surface area contributed by atoms with Crippen LogP contribution >= 0.6 is 11.3 Å². The zero-order valence-electron chi connectivity index (χ0n) is 9.10. The Kier molecular flexibility index (Phi) is 3.07. The van der Waals surface area contributed by atoms with Gasteiger partial charge in [-0.05, 0) is 30.0 Å². The minimum Gasteiger partial charge on any atom is -0.369 e. The lowest BCUT2D eigenvalue weighted by molar-refractivity contribution is 0.934. The Labute approximate surface area is 95.0 Å². The van der Waals surface area contributed by atoms with Crippen LogP contribution in [0.15, 0.2) is 41.8 Å². The zero-order valence-corrected chi connectivity index (χ0v) is 9.92. The summed E-state index contributed by atoms with van der Waals surface area (Å²) in [5.74, 6) is 0. The average Bonchev–Trinajstić information content (AvgIpc) is 2.71. The van der Waals surface area contributed by atoms with Gasteiger partial charge in [0.2, 0.25) is 0 Å². The van der Waals surface area contributed by atoms with Crippen LogP contribution in [0, 0.1) is 6.92 Å². The molecular weight excluding hydrogens is 202 g/mol. The molecule has 0 aliphatic rings. The Morgan fingerprint density at radius 1 is 1.13 bits per heavy atom. The van der Waals surface area contributed by atoms with Crippen molar-refractivity contribution in [2.75, 3.05) is 11.9 Å². The molecule has 1 heterocycles. The molecule has 0 spiro atoms. The van der Waals surface area contributed by atoms with Crippen LogP contribution in [0.1, 0.15) is 10.4 Å². The highest BCUT2D eigenvalue weighted by molar-refractivity contribution is 7.09. The number of hydrogen-bond donors (Lipinski definition) is 0. The number of aryl methyl sites for hydroxylation is 1. The summed E-state index contributed by atoms with van der Waals surface area (Å²) in [6, 6.07) is 12.8. The molecule has 0 aliphatic carbocycles. The van der Waals surface area contributed by atoms with Gasteiger partial charge in [0.05, 0.1) is 6.54 Å². The quantitative estimate of drug-likeness (QED) is 0.758. The molecule has 2 aromatic rings. The lowest BCUT2D eigenvalue weighted by atomic mass is 10.2. The Bertz CT molecular complexity index is 420. The third-order valence-corrected chi connectivity index (χ3v) is 3.36. The van der Waals surface area contributed by atoms with Gasteiger partial charge in [-0.2, -0.15) is 0 Å². The minimum atomic E-state index is 0.989. The summed E-state index contributed by atoms with van der Waals surface area (Å²) in [7, 11) is 2.14. The smallest absolute Gasteiger partial charge is 0.0519 e. The summed E-state index contributed by atoms with van der Waals surface area (Å²) in [6.45, 7) is 3.14. The SMILES string of the molecule is Cc1ccccc1N(C)Cc1cccs1. The van der Waals surface area contributed by atoms with Gasteiger partial charge in [-0.1, -0.05) is 24.3 Å². The molecule has 0 saturated carbocycles. The summed E-state index contributed by atoms with van der Waals surface area (Å²) in [5.41, 5.74) is 2.64. The summed E-state index contributed by atoms with van der Waals surface area (Å²) in [6.07, 6.45) is 0. The Morgan fingerprint density at radius 3 is 2.60 bits per heavy atom. The number of benzene rings is 1. The maximum Gasteiger partial charge on any atom is 0.0519 e. The van der Waals surface area contributed by atoms with Crippen molar-refractivity contribution >= 4 is 17.0 Å². The minimum absolute atomic E-state index is 0.989. The molecular formula is C13H15NS. The molecule has 1 nitrogen and oxygen atoms in total. The van der Waals surface area contributed by atoms with Crippen molar-refractivity contribution in [3.63, 3.8) is 0 Å². The predicted molar refractivity (Wildman–Crippen MR) is 67.6 cm³/mol. The number of rotatable bonds is 3. The first-order valence-corrected chi connectivity index (χ1v) is 5.94. The van der Waals surface area contributed by atoms with E-state index in [-0.39, 0.29) is 0 Å². The first-order valence-electron chi connectivity index (χ1n) is 5.06. The van der Waals surface area contributed by atoms with Crippen molar-refractivity contribution in [1.29, 1.82) is 0 Å². The Balaban J connectivity index is 2.15. The topological polar surface area (TPSA) is 3.24 Å². The highest BCUT2D eigenvalue weighted by Crippen LogP contribution is 2.21. The molecule has 0 amide bonds. The second-order valence-corrected chi connectivity index (χ2v) is 4.75. The van der Waals surface area contributed by atoms with Gasteiger partial charge >= 0.3 is 0 Å². The van der Waals surface area contributed by atoms with Gasteiger partial charge in [-0.25, -0.2) is 0 Å². The fourth-order valence-corrected chi connectivity index (χ4v) is 2.47. The summed E-state index contributed by atoms with van der Waals surface area (Å²) >= 11 is 1.81. The number of hydrogen-bond acceptors (Lipinski definition) is 2. The maximum atomic E-state index is 2.29.